The van der Waals surface area contributed by atoms with Crippen molar-refractivity contribution >= 4 is 11.6 Å². The van der Waals surface area contributed by atoms with Crippen LogP contribution in [0.1, 0.15) is 29.7 Å². The lowest BCUT2D eigenvalue weighted by atomic mass is 9.85. The normalized spacial score (nSPS) is 18.7. The number of carbonyl (C=O) groups excluding carboxylic acids is 1. The number of nitrogens with zero attached hydrogens (tertiary/aromatic N) is 3. The molecule has 0 radical (unpaired) electrons. The van der Waals surface area contributed by atoms with E-state index in [2.05, 4.69) is 9.97 Å². The summed E-state index contributed by atoms with van der Waals surface area (Å²) in [7, 11) is 3.29. The lowest BCUT2D eigenvalue weighted by molar-refractivity contribution is -0.122. The highest BCUT2D eigenvalue weighted by atomic mass is 16.5. The van der Waals surface area contributed by atoms with Gasteiger partial charge in [0.15, 0.2) is 0 Å². The summed E-state index contributed by atoms with van der Waals surface area (Å²) < 4.78 is 10.9. The average molecular weight is 353 g/mol. The van der Waals surface area contributed by atoms with Gasteiger partial charge < -0.3 is 14.4 Å². The molecule has 6 nitrogen and oxygen atoms in total. The Morgan fingerprint density at radius 1 is 1.23 bits per heavy atom. The third kappa shape index (κ3) is 2.89. The number of aromatic nitrogens is 2. The predicted molar refractivity (Wildman–Crippen MR) is 97.8 cm³/mol. The zero-order valence-corrected chi connectivity index (χ0v) is 15.2. The molecule has 1 unspecified atom stereocenters. The van der Waals surface area contributed by atoms with E-state index in [1.165, 1.54) is 0 Å². The van der Waals surface area contributed by atoms with Gasteiger partial charge >= 0.3 is 0 Å². The summed E-state index contributed by atoms with van der Waals surface area (Å²) in [5, 5.41) is 0. The molecule has 0 N–H and O–H groups in total. The van der Waals surface area contributed by atoms with Crippen LogP contribution in [0.2, 0.25) is 0 Å². The summed E-state index contributed by atoms with van der Waals surface area (Å²) in [6, 6.07) is 3.84. The van der Waals surface area contributed by atoms with Crippen molar-refractivity contribution in [2.75, 3.05) is 25.7 Å². The zero-order valence-electron chi connectivity index (χ0n) is 15.2. The van der Waals surface area contributed by atoms with E-state index in [9.17, 15) is 4.79 Å². The van der Waals surface area contributed by atoms with E-state index in [0.717, 1.165) is 60.5 Å². The van der Waals surface area contributed by atoms with Gasteiger partial charge in [0.25, 0.3) is 0 Å². The number of aryl methyl sites for hydroxylation is 1. The average Bonchev–Trinajstić information content (AvgIpc) is 2.71. The van der Waals surface area contributed by atoms with Crippen LogP contribution in [0, 0.1) is 5.92 Å². The molecule has 26 heavy (non-hydrogen) atoms. The van der Waals surface area contributed by atoms with Crippen LogP contribution in [0.3, 0.4) is 0 Å². The van der Waals surface area contributed by atoms with Gasteiger partial charge in [-0.1, -0.05) is 0 Å². The Hall–Kier alpha value is -2.63. The monoisotopic (exact) mass is 353 g/mol. The van der Waals surface area contributed by atoms with Crippen LogP contribution in [0.4, 0.5) is 5.69 Å². The molecule has 2 aromatic rings. The largest absolute Gasteiger partial charge is 0.497 e. The highest BCUT2D eigenvalue weighted by Crippen LogP contribution is 2.39. The van der Waals surface area contributed by atoms with E-state index in [4.69, 9.17) is 9.47 Å². The van der Waals surface area contributed by atoms with Gasteiger partial charge in [0.05, 0.1) is 19.9 Å². The first-order valence-corrected chi connectivity index (χ1v) is 9.05. The van der Waals surface area contributed by atoms with Gasteiger partial charge in [0, 0.05) is 42.0 Å². The fourth-order valence-corrected chi connectivity index (χ4v) is 4.05. The molecule has 1 aromatic carbocycles. The predicted octanol–water partition coefficient (Wildman–Crippen LogP) is 2.58. The Kier molecular flexibility index (Phi) is 4.49. The molecule has 2 aliphatic rings. The number of hydrogen-bond acceptors (Lipinski definition) is 5. The van der Waals surface area contributed by atoms with E-state index in [-0.39, 0.29) is 11.8 Å². The SMILES string of the molecule is COc1cc(OC)c2c(c1)N(C(=O)C1CCc3ncncc3C1)CCC2. The summed E-state index contributed by atoms with van der Waals surface area (Å²) in [4.78, 5) is 23.7. The Balaban J connectivity index is 1.65. The van der Waals surface area contributed by atoms with E-state index < -0.39 is 0 Å². The molecule has 1 atom stereocenters. The Morgan fingerprint density at radius 2 is 2.12 bits per heavy atom. The second-order valence-electron chi connectivity index (χ2n) is 6.86. The number of methoxy groups -OCH3 is 2. The van der Waals surface area contributed by atoms with Crippen molar-refractivity contribution in [1.82, 2.24) is 9.97 Å². The van der Waals surface area contributed by atoms with Crippen molar-refractivity contribution in [2.45, 2.75) is 32.1 Å². The molecule has 1 aromatic heterocycles. The number of rotatable bonds is 3. The van der Waals surface area contributed by atoms with E-state index >= 15 is 0 Å². The zero-order chi connectivity index (χ0) is 18.1. The molecule has 6 heteroatoms. The molecule has 0 fully saturated rings. The van der Waals surface area contributed by atoms with E-state index in [1.807, 2.05) is 23.2 Å². The molecule has 4 rings (SSSR count). The highest BCUT2D eigenvalue weighted by molar-refractivity contribution is 5.97. The van der Waals surface area contributed by atoms with Gasteiger partial charge in [-0.2, -0.15) is 0 Å². The van der Waals surface area contributed by atoms with Gasteiger partial charge in [0.2, 0.25) is 5.91 Å². The van der Waals surface area contributed by atoms with Gasteiger partial charge in [-0.25, -0.2) is 9.97 Å². The summed E-state index contributed by atoms with van der Waals surface area (Å²) in [6.07, 6.45) is 7.65. The van der Waals surface area contributed by atoms with Crippen LogP contribution in [0.15, 0.2) is 24.7 Å². The number of ether oxygens (including phenoxy) is 2. The number of carbonyl (C=O) groups is 1. The fraction of sp³-hybridized carbons (Fsp3) is 0.450. The van der Waals surface area contributed by atoms with Crippen LogP contribution in [0.25, 0.3) is 0 Å². The van der Waals surface area contributed by atoms with Crippen LogP contribution < -0.4 is 14.4 Å². The quantitative estimate of drug-likeness (QED) is 0.849. The van der Waals surface area contributed by atoms with Gasteiger partial charge in [0.1, 0.15) is 17.8 Å². The molecule has 2 heterocycles. The molecule has 1 aliphatic heterocycles. The van der Waals surface area contributed by atoms with E-state index in [1.54, 1.807) is 20.5 Å². The first kappa shape index (κ1) is 16.8. The Labute approximate surface area is 153 Å². The molecule has 1 aliphatic carbocycles. The van der Waals surface area contributed by atoms with Crippen molar-refractivity contribution in [3.05, 3.63) is 41.5 Å². The molecule has 0 saturated carbocycles. The van der Waals surface area contributed by atoms with Crippen LogP contribution >= 0.6 is 0 Å². The molecule has 136 valence electrons. The van der Waals surface area contributed by atoms with Gasteiger partial charge in [-0.3, -0.25) is 4.79 Å². The lowest BCUT2D eigenvalue weighted by Gasteiger charge is -2.34. The summed E-state index contributed by atoms with van der Waals surface area (Å²) >= 11 is 0. The minimum atomic E-state index is -0.0309. The number of hydrogen-bond donors (Lipinski definition) is 0. The van der Waals surface area contributed by atoms with Crippen molar-refractivity contribution in [2.24, 2.45) is 5.92 Å². The maximum Gasteiger partial charge on any atom is 0.230 e. The van der Waals surface area contributed by atoms with Gasteiger partial charge in [-0.05, 0) is 37.7 Å². The topological polar surface area (TPSA) is 64.6 Å². The molecular formula is C20H23N3O3. The standard InChI is InChI=1S/C20H23N3O3/c1-25-15-9-18-16(19(10-15)26-2)4-3-7-23(18)20(24)13-5-6-17-14(8-13)11-21-12-22-17/h9-13H,3-8H2,1-2H3. The number of anilines is 1. The van der Waals surface area contributed by atoms with Crippen LogP contribution in [-0.2, 0) is 24.1 Å². The van der Waals surface area contributed by atoms with Crippen LogP contribution in [0.5, 0.6) is 11.5 Å². The smallest absolute Gasteiger partial charge is 0.230 e. The minimum absolute atomic E-state index is 0.0309. The molecule has 0 spiro atoms. The van der Waals surface area contributed by atoms with Crippen molar-refractivity contribution in [3.63, 3.8) is 0 Å². The summed E-state index contributed by atoms with van der Waals surface area (Å²) in [5.74, 6) is 1.65. The van der Waals surface area contributed by atoms with Crippen molar-refractivity contribution in [1.29, 1.82) is 0 Å². The first-order valence-electron chi connectivity index (χ1n) is 9.05. The Morgan fingerprint density at radius 3 is 2.92 bits per heavy atom. The molecular weight excluding hydrogens is 330 g/mol. The maximum atomic E-state index is 13.3. The number of amides is 1. The van der Waals surface area contributed by atoms with Crippen molar-refractivity contribution < 1.29 is 14.3 Å². The number of fused-ring (bicyclic) bond motifs is 2. The van der Waals surface area contributed by atoms with Crippen molar-refractivity contribution in [3.8, 4) is 11.5 Å². The van der Waals surface area contributed by atoms with Gasteiger partial charge in [-0.15, -0.1) is 0 Å². The second-order valence-corrected chi connectivity index (χ2v) is 6.86. The van der Waals surface area contributed by atoms with Crippen LogP contribution in [-0.4, -0.2) is 36.6 Å². The lowest BCUT2D eigenvalue weighted by Crippen LogP contribution is -2.41. The first-order chi connectivity index (χ1) is 12.7. The fourth-order valence-electron chi connectivity index (χ4n) is 4.05. The highest BCUT2D eigenvalue weighted by Gasteiger charge is 2.33. The summed E-state index contributed by atoms with van der Waals surface area (Å²) in [5.41, 5.74) is 4.18. The number of benzene rings is 1. The third-order valence-electron chi connectivity index (χ3n) is 5.41. The molecule has 0 bridgehead atoms. The Bertz CT molecular complexity index is 837. The van der Waals surface area contributed by atoms with E-state index in [0.29, 0.717) is 12.2 Å². The third-order valence-corrected chi connectivity index (χ3v) is 5.41. The summed E-state index contributed by atoms with van der Waals surface area (Å²) in [6.45, 7) is 0.733. The minimum Gasteiger partial charge on any atom is -0.497 e. The maximum absolute atomic E-state index is 13.3. The second kappa shape index (κ2) is 6.94. The molecule has 0 saturated heterocycles. The molecule has 1 amide bonds.